The quantitative estimate of drug-likeness (QED) is 0.545. The molecule has 28 heavy (non-hydrogen) atoms. The van der Waals surface area contributed by atoms with Crippen LogP contribution < -0.4 is 10.0 Å². The molecule has 0 aliphatic carbocycles. The lowest BCUT2D eigenvalue weighted by Gasteiger charge is -2.22. The Morgan fingerprint density at radius 1 is 1.14 bits per heavy atom. The van der Waals surface area contributed by atoms with Crippen LogP contribution in [0.5, 0.6) is 0 Å². The number of nitrogens with one attached hydrogen (secondary N) is 2. The van der Waals surface area contributed by atoms with Crippen molar-refractivity contribution in [3.8, 4) is 0 Å². The normalized spacial score (nSPS) is 13.0. The van der Waals surface area contributed by atoms with Gasteiger partial charge in [0, 0.05) is 13.1 Å². The molecule has 2 aromatic rings. The SMILES string of the molecule is CC(C)C(NS(=O)(=O)c1cccs1)C(=O)NCCCN(C)Cc1ccccc1. The number of amides is 1. The average Bonchev–Trinajstić information content (AvgIpc) is 3.19. The zero-order valence-corrected chi connectivity index (χ0v) is 18.2. The van der Waals surface area contributed by atoms with E-state index in [4.69, 9.17) is 0 Å². The Balaban J connectivity index is 1.79. The van der Waals surface area contributed by atoms with Crippen LogP contribution in [0.3, 0.4) is 0 Å². The van der Waals surface area contributed by atoms with Gasteiger partial charge in [-0.2, -0.15) is 4.72 Å². The third-order valence-corrected chi connectivity index (χ3v) is 7.14. The molecule has 0 radical (unpaired) electrons. The van der Waals surface area contributed by atoms with E-state index in [2.05, 4.69) is 27.1 Å². The molecular formula is C20H29N3O3S2. The van der Waals surface area contributed by atoms with Gasteiger partial charge in [-0.3, -0.25) is 4.79 Å². The molecule has 0 saturated carbocycles. The lowest BCUT2D eigenvalue weighted by Crippen LogP contribution is -2.49. The standard InChI is InChI=1S/C20H29N3O3S2/c1-16(2)19(22-28(25,26)18-11-7-14-27-18)20(24)21-12-8-13-23(3)15-17-9-5-4-6-10-17/h4-7,9-11,14,16,19,22H,8,12-13,15H2,1-3H3,(H,21,24). The van der Waals surface area contributed by atoms with Crippen LogP contribution in [0.4, 0.5) is 0 Å². The largest absolute Gasteiger partial charge is 0.355 e. The fraction of sp³-hybridized carbons (Fsp3) is 0.450. The number of hydrogen-bond acceptors (Lipinski definition) is 5. The van der Waals surface area contributed by atoms with Gasteiger partial charge in [0.15, 0.2) is 0 Å². The van der Waals surface area contributed by atoms with E-state index in [0.29, 0.717) is 6.54 Å². The molecule has 1 aromatic carbocycles. The van der Waals surface area contributed by atoms with Gasteiger partial charge in [-0.05, 0) is 42.9 Å². The molecule has 0 saturated heterocycles. The van der Waals surface area contributed by atoms with E-state index in [1.165, 1.54) is 11.6 Å². The molecule has 1 heterocycles. The van der Waals surface area contributed by atoms with Crippen molar-refractivity contribution in [2.24, 2.45) is 5.92 Å². The summed E-state index contributed by atoms with van der Waals surface area (Å²) in [6.45, 7) is 5.85. The molecule has 0 aliphatic rings. The first kappa shape index (κ1) is 22.5. The van der Waals surface area contributed by atoms with E-state index in [-0.39, 0.29) is 16.0 Å². The maximum absolute atomic E-state index is 12.5. The Morgan fingerprint density at radius 2 is 1.86 bits per heavy atom. The maximum atomic E-state index is 12.5. The first-order valence-electron chi connectivity index (χ1n) is 9.35. The van der Waals surface area contributed by atoms with Crippen LogP contribution in [-0.4, -0.2) is 45.4 Å². The van der Waals surface area contributed by atoms with Gasteiger partial charge in [0.25, 0.3) is 10.0 Å². The monoisotopic (exact) mass is 423 g/mol. The molecule has 0 aliphatic heterocycles. The maximum Gasteiger partial charge on any atom is 0.250 e. The molecule has 2 N–H and O–H groups in total. The molecule has 1 aromatic heterocycles. The fourth-order valence-electron chi connectivity index (χ4n) is 2.78. The number of rotatable bonds is 11. The molecule has 2 rings (SSSR count). The third kappa shape index (κ3) is 7.01. The zero-order valence-electron chi connectivity index (χ0n) is 16.6. The summed E-state index contributed by atoms with van der Waals surface area (Å²) >= 11 is 1.13. The van der Waals surface area contributed by atoms with Crippen LogP contribution in [0.15, 0.2) is 52.1 Å². The molecule has 0 bridgehead atoms. The third-order valence-electron chi connectivity index (χ3n) is 4.30. The van der Waals surface area contributed by atoms with Crippen LogP contribution in [0.25, 0.3) is 0 Å². The second kappa shape index (κ2) is 10.7. The second-order valence-electron chi connectivity index (χ2n) is 7.14. The highest BCUT2D eigenvalue weighted by Crippen LogP contribution is 2.17. The van der Waals surface area contributed by atoms with E-state index in [9.17, 15) is 13.2 Å². The topological polar surface area (TPSA) is 78.5 Å². The van der Waals surface area contributed by atoms with Crippen molar-refractivity contribution in [1.82, 2.24) is 14.9 Å². The Hall–Kier alpha value is -1.74. The molecule has 1 unspecified atom stereocenters. The van der Waals surface area contributed by atoms with Gasteiger partial charge in [0.05, 0.1) is 0 Å². The smallest absolute Gasteiger partial charge is 0.250 e. The molecule has 154 valence electrons. The number of carbonyl (C=O) groups excluding carboxylic acids is 1. The number of thiophene rings is 1. The summed E-state index contributed by atoms with van der Waals surface area (Å²) in [6, 6.07) is 12.6. The fourth-order valence-corrected chi connectivity index (χ4v) is 5.13. The highest BCUT2D eigenvalue weighted by molar-refractivity contribution is 7.91. The van der Waals surface area contributed by atoms with E-state index in [1.54, 1.807) is 11.4 Å². The van der Waals surface area contributed by atoms with Gasteiger partial charge in [-0.1, -0.05) is 50.2 Å². The van der Waals surface area contributed by atoms with Crippen LogP contribution in [0.1, 0.15) is 25.8 Å². The van der Waals surface area contributed by atoms with Crippen molar-refractivity contribution < 1.29 is 13.2 Å². The van der Waals surface area contributed by atoms with Gasteiger partial charge in [0.2, 0.25) is 5.91 Å². The highest BCUT2D eigenvalue weighted by Gasteiger charge is 2.28. The summed E-state index contributed by atoms with van der Waals surface area (Å²) in [5.41, 5.74) is 1.25. The van der Waals surface area contributed by atoms with Crippen LogP contribution in [-0.2, 0) is 21.4 Å². The molecule has 8 heteroatoms. The van der Waals surface area contributed by atoms with Crippen molar-refractivity contribution in [3.05, 3.63) is 53.4 Å². The van der Waals surface area contributed by atoms with E-state index in [1.807, 2.05) is 39.1 Å². The van der Waals surface area contributed by atoms with Crippen LogP contribution in [0, 0.1) is 5.92 Å². The molecule has 1 atom stereocenters. The van der Waals surface area contributed by atoms with Gasteiger partial charge < -0.3 is 10.2 Å². The van der Waals surface area contributed by atoms with Gasteiger partial charge in [-0.15, -0.1) is 11.3 Å². The van der Waals surface area contributed by atoms with E-state index in [0.717, 1.165) is 30.8 Å². The van der Waals surface area contributed by atoms with Crippen molar-refractivity contribution in [1.29, 1.82) is 0 Å². The lowest BCUT2D eigenvalue weighted by atomic mass is 10.1. The van der Waals surface area contributed by atoms with Crippen molar-refractivity contribution in [3.63, 3.8) is 0 Å². The summed E-state index contributed by atoms with van der Waals surface area (Å²) in [5, 5.41) is 4.56. The molecule has 1 amide bonds. The first-order chi connectivity index (χ1) is 13.3. The number of nitrogens with zero attached hydrogens (tertiary/aromatic N) is 1. The van der Waals surface area contributed by atoms with E-state index >= 15 is 0 Å². The number of benzene rings is 1. The Kier molecular flexibility index (Phi) is 8.62. The van der Waals surface area contributed by atoms with Crippen molar-refractivity contribution >= 4 is 27.3 Å². The van der Waals surface area contributed by atoms with Gasteiger partial charge in [-0.25, -0.2) is 8.42 Å². The summed E-state index contributed by atoms with van der Waals surface area (Å²) in [5.74, 6) is -0.448. The molecule has 0 spiro atoms. The first-order valence-corrected chi connectivity index (χ1v) is 11.7. The Morgan fingerprint density at radius 3 is 2.46 bits per heavy atom. The minimum atomic E-state index is -3.69. The van der Waals surface area contributed by atoms with Crippen molar-refractivity contribution in [2.75, 3.05) is 20.1 Å². The van der Waals surface area contributed by atoms with Gasteiger partial charge >= 0.3 is 0 Å². The Bertz CT molecular complexity index is 822. The summed E-state index contributed by atoms with van der Waals surface area (Å²) < 4.78 is 27.6. The number of hydrogen-bond donors (Lipinski definition) is 2. The molecule has 0 fully saturated rings. The predicted molar refractivity (Wildman–Crippen MR) is 114 cm³/mol. The highest BCUT2D eigenvalue weighted by atomic mass is 32.2. The van der Waals surface area contributed by atoms with Gasteiger partial charge in [0.1, 0.15) is 10.3 Å². The van der Waals surface area contributed by atoms with E-state index < -0.39 is 16.1 Å². The number of sulfonamides is 1. The second-order valence-corrected chi connectivity index (χ2v) is 10.0. The predicted octanol–water partition coefficient (Wildman–Crippen LogP) is 2.69. The Labute approximate surface area is 172 Å². The number of carbonyl (C=O) groups is 1. The van der Waals surface area contributed by atoms with Crippen molar-refractivity contribution in [2.45, 2.75) is 37.1 Å². The minimum absolute atomic E-state index is 0.157. The van der Waals surface area contributed by atoms with Crippen LogP contribution >= 0.6 is 11.3 Å². The van der Waals surface area contributed by atoms with Crippen LogP contribution in [0.2, 0.25) is 0 Å². The average molecular weight is 424 g/mol. The molecule has 6 nitrogen and oxygen atoms in total. The summed E-state index contributed by atoms with van der Waals surface area (Å²) in [7, 11) is -1.64. The summed E-state index contributed by atoms with van der Waals surface area (Å²) in [6.07, 6.45) is 0.789. The molecular weight excluding hydrogens is 394 g/mol. The lowest BCUT2D eigenvalue weighted by molar-refractivity contribution is -0.123. The summed E-state index contributed by atoms with van der Waals surface area (Å²) in [4.78, 5) is 14.7. The zero-order chi connectivity index (χ0) is 20.6. The minimum Gasteiger partial charge on any atom is -0.355 e.